The van der Waals surface area contributed by atoms with Gasteiger partial charge in [0, 0.05) is 13.0 Å². The molecule has 3 N–H and O–H groups in total. The molecule has 0 unspecified atom stereocenters. The van der Waals surface area contributed by atoms with Crippen LogP contribution >= 0.6 is 0 Å². The van der Waals surface area contributed by atoms with Gasteiger partial charge >= 0.3 is 0 Å². The molecular weight excluding hydrogens is 394 g/mol. The Kier molecular flexibility index (Phi) is 8.44. The summed E-state index contributed by atoms with van der Waals surface area (Å²) in [4.78, 5) is 26.6. The first-order valence-electron chi connectivity index (χ1n) is 10.8. The van der Waals surface area contributed by atoms with Crippen molar-refractivity contribution in [2.75, 3.05) is 51.3 Å². The average Bonchev–Trinajstić information content (AvgIpc) is 2.78. The van der Waals surface area contributed by atoms with E-state index in [1.165, 1.54) is 4.90 Å². The van der Waals surface area contributed by atoms with Crippen molar-refractivity contribution in [2.24, 2.45) is 0 Å². The van der Waals surface area contributed by atoms with Crippen LogP contribution in [-0.4, -0.2) is 57.8 Å². The van der Waals surface area contributed by atoms with Gasteiger partial charge in [0.15, 0.2) is 6.61 Å². The molecule has 0 spiro atoms. The minimum atomic E-state index is -0.308. The van der Waals surface area contributed by atoms with E-state index in [1.807, 2.05) is 32.0 Å². The number of anilines is 1. The van der Waals surface area contributed by atoms with Gasteiger partial charge in [-0.05, 0) is 43.2 Å². The SMILES string of the molecule is Cc1ccc(C)c(OCC(=O)Nc2ccccc2C(=O)NCCC[NH+]2CCOCC2)c1. The summed E-state index contributed by atoms with van der Waals surface area (Å²) >= 11 is 0. The van der Waals surface area contributed by atoms with Crippen molar-refractivity contribution in [3.05, 3.63) is 59.2 Å². The molecule has 1 saturated heterocycles. The van der Waals surface area contributed by atoms with E-state index in [0.29, 0.717) is 23.5 Å². The van der Waals surface area contributed by atoms with Crippen LogP contribution < -0.4 is 20.3 Å². The quantitative estimate of drug-likeness (QED) is 0.529. The molecule has 1 aliphatic heterocycles. The van der Waals surface area contributed by atoms with E-state index in [2.05, 4.69) is 10.6 Å². The molecule has 2 aromatic rings. The minimum Gasteiger partial charge on any atom is -0.483 e. The summed E-state index contributed by atoms with van der Waals surface area (Å²) in [6.45, 7) is 9.06. The summed E-state index contributed by atoms with van der Waals surface area (Å²) in [5, 5.41) is 5.75. The first-order chi connectivity index (χ1) is 15.0. The van der Waals surface area contributed by atoms with Crippen LogP contribution in [0.25, 0.3) is 0 Å². The smallest absolute Gasteiger partial charge is 0.262 e. The average molecular weight is 427 g/mol. The Hall–Kier alpha value is -2.90. The first-order valence-corrected chi connectivity index (χ1v) is 10.8. The maximum atomic E-state index is 12.6. The van der Waals surface area contributed by atoms with Crippen molar-refractivity contribution in [3.63, 3.8) is 0 Å². The molecule has 7 heteroatoms. The van der Waals surface area contributed by atoms with Gasteiger partial charge in [-0.2, -0.15) is 0 Å². The number of quaternary nitrogens is 1. The Morgan fingerprint density at radius 1 is 1.10 bits per heavy atom. The third-order valence-electron chi connectivity index (χ3n) is 5.34. The Labute approximate surface area is 183 Å². The van der Waals surface area contributed by atoms with E-state index in [0.717, 1.165) is 50.4 Å². The maximum Gasteiger partial charge on any atom is 0.262 e. The van der Waals surface area contributed by atoms with Gasteiger partial charge in [-0.25, -0.2) is 0 Å². The molecule has 2 amide bonds. The lowest BCUT2D eigenvalue weighted by Gasteiger charge is -2.23. The molecule has 0 radical (unpaired) electrons. The molecule has 3 rings (SSSR count). The summed E-state index contributed by atoms with van der Waals surface area (Å²) in [5.41, 5.74) is 2.96. The number of carbonyl (C=O) groups excluding carboxylic acids is 2. The summed E-state index contributed by atoms with van der Waals surface area (Å²) in [5.74, 6) is 0.184. The molecule has 31 heavy (non-hydrogen) atoms. The van der Waals surface area contributed by atoms with Gasteiger partial charge < -0.3 is 25.0 Å². The third kappa shape index (κ3) is 7.08. The minimum absolute atomic E-state index is 0.122. The molecular formula is C24H32N3O4+. The fraction of sp³-hybridized carbons (Fsp3) is 0.417. The summed E-state index contributed by atoms with van der Waals surface area (Å²) in [6, 6.07) is 12.9. The number of rotatable bonds is 9. The van der Waals surface area contributed by atoms with Crippen LogP contribution in [0.3, 0.4) is 0 Å². The highest BCUT2D eigenvalue weighted by molar-refractivity contribution is 6.04. The van der Waals surface area contributed by atoms with Crippen LogP contribution in [0.2, 0.25) is 0 Å². The van der Waals surface area contributed by atoms with Gasteiger partial charge in [0.1, 0.15) is 18.8 Å². The van der Waals surface area contributed by atoms with Crippen LogP contribution in [0.5, 0.6) is 5.75 Å². The van der Waals surface area contributed by atoms with Gasteiger partial charge in [0.25, 0.3) is 11.8 Å². The maximum absolute atomic E-state index is 12.6. The normalized spacial score (nSPS) is 14.1. The first kappa shape index (κ1) is 22.8. The lowest BCUT2D eigenvalue weighted by molar-refractivity contribution is -0.908. The van der Waals surface area contributed by atoms with Gasteiger partial charge in [-0.3, -0.25) is 9.59 Å². The van der Waals surface area contributed by atoms with Crippen molar-refractivity contribution >= 4 is 17.5 Å². The Bertz CT molecular complexity index is 894. The molecule has 0 aliphatic carbocycles. The van der Waals surface area contributed by atoms with E-state index in [-0.39, 0.29) is 18.4 Å². The molecule has 0 bridgehead atoms. The number of nitrogens with one attached hydrogen (secondary N) is 3. The molecule has 1 aliphatic rings. The van der Waals surface area contributed by atoms with Gasteiger partial charge in [-0.1, -0.05) is 24.3 Å². The number of carbonyl (C=O) groups is 2. The zero-order valence-corrected chi connectivity index (χ0v) is 18.3. The van der Waals surface area contributed by atoms with Crippen molar-refractivity contribution in [1.82, 2.24) is 5.32 Å². The number of benzene rings is 2. The molecule has 166 valence electrons. The van der Waals surface area contributed by atoms with Crippen LogP contribution in [0.1, 0.15) is 27.9 Å². The zero-order valence-electron chi connectivity index (χ0n) is 18.3. The van der Waals surface area contributed by atoms with Gasteiger partial charge in [0.2, 0.25) is 0 Å². The van der Waals surface area contributed by atoms with Crippen LogP contribution in [0.15, 0.2) is 42.5 Å². The standard InChI is InChI=1S/C24H31N3O4/c1-18-8-9-19(2)22(16-18)31-17-23(28)26-21-7-4-3-6-20(21)24(29)25-10-5-11-27-12-14-30-15-13-27/h3-4,6-9,16H,5,10-15,17H2,1-2H3,(H,25,29)(H,26,28)/p+1. The second-order valence-electron chi connectivity index (χ2n) is 7.87. The molecule has 7 nitrogen and oxygen atoms in total. The van der Waals surface area contributed by atoms with Crippen LogP contribution in [-0.2, 0) is 9.53 Å². The van der Waals surface area contributed by atoms with Gasteiger partial charge in [0.05, 0.1) is 31.0 Å². The molecule has 1 fully saturated rings. The molecule has 0 aromatic heterocycles. The summed E-state index contributed by atoms with van der Waals surface area (Å²) < 4.78 is 11.0. The van der Waals surface area contributed by atoms with Crippen molar-refractivity contribution in [1.29, 1.82) is 0 Å². The number of ether oxygens (including phenoxy) is 2. The number of morpholine rings is 1. The van der Waals surface area contributed by atoms with Gasteiger partial charge in [-0.15, -0.1) is 0 Å². The predicted molar refractivity (Wildman–Crippen MR) is 120 cm³/mol. The number of para-hydroxylation sites is 1. The molecule has 0 saturated carbocycles. The highest BCUT2D eigenvalue weighted by atomic mass is 16.5. The van der Waals surface area contributed by atoms with E-state index in [9.17, 15) is 9.59 Å². The summed E-state index contributed by atoms with van der Waals surface area (Å²) in [6.07, 6.45) is 0.902. The van der Waals surface area contributed by atoms with Crippen molar-refractivity contribution < 1.29 is 24.0 Å². The fourth-order valence-electron chi connectivity index (χ4n) is 3.53. The largest absolute Gasteiger partial charge is 0.483 e. The number of amides is 2. The second-order valence-corrected chi connectivity index (χ2v) is 7.87. The molecule has 0 atom stereocenters. The Morgan fingerprint density at radius 2 is 1.87 bits per heavy atom. The lowest BCUT2D eigenvalue weighted by atomic mass is 10.1. The lowest BCUT2D eigenvalue weighted by Crippen LogP contribution is -3.14. The van der Waals surface area contributed by atoms with E-state index >= 15 is 0 Å². The number of hydrogen-bond acceptors (Lipinski definition) is 4. The molecule has 1 heterocycles. The highest BCUT2D eigenvalue weighted by Crippen LogP contribution is 2.19. The highest BCUT2D eigenvalue weighted by Gasteiger charge is 2.15. The van der Waals surface area contributed by atoms with Crippen molar-refractivity contribution in [3.8, 4) is 5.75 Å². The van der Waals surface area contributed by atoms with E-state index in [1.54, 1.807) is 24.3 Å². The summed E-state index contributed by atoms with van der Waals surface area (Å²) in [7, 11) is 0. The second kappa shape index (κ2) is 11.5. The zero-order chi connectivity index (χ0) is 22.1. The van der Waals surface area contributed by atoms with E-state index < -0.39 is 0 Å². The van der Waals surface area contributed by atoms with Crippen LogP contribution in [0, 0.1) is 13.8 Å². The fourth-order valence-corrected chi connectivity index (χ4v) is 3.53. The van der Waals surface area contributed by atoms with Crippen LogP contribution in [0.4, 0.5) is 5.69 Å². The van der Waals surface area contributed by atoms with E-state index in [4.69, 9.17) is 9.47 Å². The molecule has 2 aromatic carbocycles. The Morgan fingerprint density at radius 3 is 2.68 bits per heavy atom. The van der Waals surface area contributed by atoms with Crippen molar-refractivity contribution in [2.45, 2.75) is 20.3 Å². The third-order valence-corrected chi connectivity index (χ3v) is 5.34. The monoisotopic (exact) mass is 426 g/mol. The predicted octanol–water partition coefficient (Wildman–Crippen LogP) is 1.36. The number of aryl methyl sites for hydroxylation is 2. The topological polar surface area (TPSA) is 81.1 Å². The Balaban J connectivity index is 1.48. The number of hydrogen-bond donors (Lipinski definition) is 3.